The molecule has 0 aromatic rings. The lowest BCUT2D eigenvalue weighted by Gasteiger charge is -2.41. The summed E-state index contributed by atoms with van der Waals surface area (Å²) in [5, 5.41) is 7.47. The van der Waals surface area contributed by atoms with Crippen molar-refractivity contribution < 1.29 is 70.3 Å². The third-order valence-corrected chi connectivity index (χ3v) is 20.9. The van der Waals surface area contributed by atoms with Gasteiger partial charge in [-0.2, -0.15) is 13.2 Å². The predicted molar refractivity (Wildman–Crippen MR) is 338 cm³/mol. The number of fused-ring (bicyclic) bond motifs is 1. The summed E-state index contributed by atoms with van der Waals surface area (Å²) >= 11 is 6.35. The van der Waals surface area contributed by atoms with Crippen LogP contribution in [0.3, 0.4) is 0 Å². The van der Waals surface area contributed by atoms with Crippen molar-refractivity contribution in [2.45, 2.75) is 236 Å². The van der Waals surface area contributed by atoms with Crippen LogP contribution in [0.4, 0.5) is 17.6 Å². The molecule has 2 saturated heterocycles. The van der Waals surface area contributed by atoms with Crippen LogP contribution in [0, 0.1) is 35.5 Å². The molecule has 3 saturated carbocycles. The molecule has 27 heteroatoms. The van der Waals surface area contributed by atoms with Gasteiger partial charge in [0.2, 0.25) is 65.0 Å². The van der Waals surface area contributed by atoms with Crippen molar-refractivity contribution in [3.05, 3.63) is 0 Å². The molecule has 11 amide bonds. The van der Waals surface area contributed by atoms with Gasteiger partial charge in [0, 0.05) is 73.7 Å². The number of carbonyl (C=O) groups excluding carboxylic acids is 11. The number of hydrogen-bond donors (Lipinski definition) is 3. The minimum Gasteiger partial charge on any atom is -0.343 e. The van der Waals surface area contributed by atoms with Crippen LogP contribution in [-0.2, 0) is 52.7 Å². The molecular formula is C65H106ClF4N11O11. The summed E-state index contributed by atoms with van der Waals surface area (Å²) in [5.74, 6) is -10.2. The number of nitrogens with zero attached hydrogens (tertiary/aromatic N) is 8. The standard InChI is InChI=1S/C65H106ClF4N11O11/c1-15-40(6)55-61(90)76(10)36-53(84)74(8)37-54(85)79(13)50(34-43-20-24-44(67)25-21-43)60(89)75(9)35-51(82)71-47(27-23-42-22-26-45(46(66)33-42)65(68,69)70)59(88)81-30-18-19-48(81)58(87)73-64(28-16-17-29-64)63(92)80(14)56(39(4)5)62(91)77(11)41(7)32-52(83)78(12)49(31-38(2)3)57(86)72-55/h38-50,55-56H,15-37H2,1-14H3,(H,71,82)(H,72,86)(H,73,87)/t40-,41+,42?,43?,44?,45?,46?,47-,48-,49-,50-,55-,56-/m0/s1. The molecule has 22 nitrogen and oxygen atoms in total. The predicted octanol–water partition coefficient (Wildman–Crippen LogP) is 5.52. The zero-order valence-corrected chi connectivity index (χ0v) is 57.6. The topological polar surface area (TPSA) is 250 Å². The van der Waals surface area contributed by atoms with E-state index in [0.717, 1.165) is 14.7 Å². The molecule has 11 atom stereocenters. The minimum atomic E-state index is -4.51. The molecule has 92 heavy (non-hydrogen) atoms. The van der Waals surface area contributed by atoms with Crippen LogP contribution in [0.2, 0.25) is 0 Å². The van der Waals surface area contributed by atoms with Crippen LogP contribution in [0.25, 0.3) is 0 Å². The average Bonchev–Trinajstić information content (AvgIpc) is 1.50. The fraction of sp³-hybridized carbons (Fsp3) is 0.831. The van der Waals surface area contributed by atoms with E-state index in [1.165, 1.54) is 73.8 Å². The first-order valence-electron chi connectivity index (χ1n) is 33.3. The van der Waals surface area contributed by atoms with Crippen molar-refractivity contribution in [2.24, 2.45) is 35.5 Å². The second kappa shape index (κ2) is 33.5. The summed E-state index contributed by atoms with van der Waals surface area (Å²) < 4.78 is 56.2. The van der Waals surface area contributed by atoms with Crippen molar-refractivity contribution in [2.75, 3.05) is 75.5 Å². The van der Waals surface area contributed by atoms with Crippen LogP contribution in [0.5, 0.6) is 0 Å². The summed E-state index contributed by atoms with van der Waals surface area (Å²) in [4.78, 5) is 170. The van der Waals surface area contributed by atoms with Gasteiger partial charge in [-0.1, -0.05) is 60.8 Å². The average molecular weight is 1330 g/mol. The lowest BCUT2D eigenvalue weighted by atomic mass is 9.78. The van der Waals surface area contributed by atoms with Gasteiger partial charge in [-0.15, -0.1) is 11.6 Å². The summed E-state index contributed by atoms with van der Waals surface area (Å²) in [6.07, 6.45) is -1.72. The zero-order valence-electron chi connectivity index (χ0n) is 56.9. The molecule has 5 aliphatic rings. The maximum Gasteiger partial charge on any atom is 0.393 e. The van der Waals surface area contributed by atoms with E-state index in [1.54, 1.807) is 27.7 Å². The third kappa shape index (κ3) is 19.6. The number of likely N-dealkylation sites (N-methyl/N-ethyl adjacent to an activating group) is 7. The van der Waals surface area contributed by atoms with E-state index < -0.39 is 168 Å². The van der Waals surface area contributed by atoms with E-state index in [-0.39, 0.29) is 108 Å². The lowest BCUT2D eigenvalue weighted by molar-refractivity contribution is -0.182. The van der Waals surface area contributed by atoms with Gasteiger partial charge in [0.15, 0.2) is 0 Å². The van der Waals surface area contributed by atoms with Gasteiger partial charge in [-0.3, -0.25) is 52.7 Å². The number of halogens is 5. The van der Waals surface area contributed by atoms with Crippen molar-refractivity contribution in [1.29, 1.82) is 0 Å². The van der Waals surface area contributed by atoms with Crippen molar-refractivity contribution in [3.63, 3.8) is 0 Å². The van der Waals surface area contributed by atoms with Crippen LogP contribution in [-0.4, -0.2) is 245 Å². The number of alkyl halides is 5. The van der Waals surface area contributed by atoms with E-state index in [0.29, 0.717) is 38.5 Å². The number of hydrogen-bond acceptors (Lipinski definition) is 11. The SMILES string of the molecule is CC[C@H](C)[C@@H]1NC(=O)[C@H](CC(C)C)N(C)C(=O)C[C@@H](C)N(C)C(=O)[C@H](C(C)C)N(C)C(=O)C2(CCCC2)NC(=O)[C@@H]2CCCN2C(=O)[C@H](CCC2CCC(C(F)(F)F)C(Cl)C2)NC(=O)CN(C)C(=O)[C@H](CC2CCC(F)CC2)N(C)C(=O)CN(C)C(=O)CN(C)C1=O. The highest BCUT2D eigenvalue weighted by molar-refractivity contribution is 6.20. The summed E-state index contributed by atoms with van der Waals surface area (Å²) in [6.45, 7) is 10.9. The zero-order chi connectivity index (χ0) is 69.0. The molecule has 1 spiro atoms. The summed E-state index contributed by atoms with van der Waals surface area (Å²) in [7, 11) is 9.96. The normalized spacial score (nSPS) is 31.0. The van der Waals surface area contributed by atoms with Crippen LogP contribution < -0.4 is 16.0 Å². The van der Waals surface area contributed by atoms with Gasteiger partial charge >= 0.3 is 6.18 Å². The Kier molecular flexibility index (Phi) is 28.0. The summed E-state index contributed by atoms with van der Waals surface area (Å²) in [5.41, 5.74) is -1.50. The van der Waals surface area contributed by atoms with Crippen molar-refractivity contribution in [1.82, 2.24) is 55.1 Å². The molecule has 3 N–H and O–H groups in total. The fourth-order valence-corrected chi connectivity index (χ4v) is 14.6. The van der Waals surface area contributed by atoms with Gasteiger partial charge in [0.05, 0.1) is 25.6 Å². The molecule has 2 aliphatic heterocycles. The Morgan fingerprint density at radius 2 is 1.21 bits per heavy atom. The van der Waals surface area contributed by atoms with Gasteiger partial charge in [0.25, 0.3) is 0 Å². The van der Waals surface area contributed by atoms with Crippen LogP contribution in [0.1, 0.15) is 170 Å². The smallest absolute Gasteiger partial charge is 0.343 e. The van der Waals surface area contributed by atoms with E-state index in [9.17, 15) is 60.7 Å². The number of nitrogens with one attached hydrogen (secondary N) is 3. The van der Waals surface area contributed by atoms with E-state index in [2.05, 4.69) is 16.0 Å². The second-order valence-electron chi connectivity index (χ2n) is 28.2. The molecule has 3 aliphatic carbocycles. The number of carbonyl (C=O) groups is 11. The molecule has 522 valence electrons. The van der Waals surface area contributed by atoms with Crippen molar-refractivity contribution >= 4 is 76.6 Å². The molecule has 3 unspecified atom stereocenters. The Hall–Kier alpha value is -5.82. The molecule has 0 bridgehead atoms. The molecule has 0 aromatic carbocycles. The van der Waals surface area contributed by atoms with Crippen LogP contribution >= 0.6 is 11.6 Å². The Morgan fingerprint density at radius 3 is 1.78 bits per heavy atom. The minimum absolute atomic E-state index is 0.00704. The number of amides is 11. The van der Waals surface area contributed by atoms with Gasteiger partial charge < -0.3 is 55.1 Å². The quantitative estimate of drug-likeness (QED) is 0.182. The van der Waals surface area contributed by atoms with Crippen LogP contribution in [0.15, 0.2) is 0 Å². The van der Waals surface area contributed by atoms with Gasteiger partial charge in [0.1, 0.15) is 48.0 Å². The fourth-order valence-electron chi connectivity index (χ4n) is 14.1. The Labute approximate surface area is 547 Å². The first-order valence-corrected chi connectivity index (χ1v) is 33.7. The summed E-state index contributed by atoms with van der Waals surface area (Å²) in [6, 6.07) is -7.77. The highest BCUT2D eigenvalue weighted by atomic mass is 35.5. The molecule has 5 rings (SSSR count). The lowest BCUT2D eigenvalue weighted by Crippen LogP contribution is -2.64. The molecule has 0 radical (unpaired) electrons. The van der Waals surface area contributed by atoms with Gasteiger partial charge in [-0.05, 0) is 133 Å². The molecule has 2 heterocycles. The molecule has 5 fully saturated rings. The van der Waals surface area contributed by atoms with Gasteiger partial charge in [-0.25, -0.2) is 4.39 Å². The third-order valence-electron chi connectivity index (χ3n) is 20.4. The number of rotatable bonds is 10. The molecule has 0 aromatic heterocycles. The first-order chi connectivity index (χ1) is 42.9. The van der Waals surface area contributed by atoms with Crippen molar-refractivity contribution in [3.8, 4) is 0 Å². The monoisotopic (exact) mass is 1330 g/mol. The highest BCUT2D eigenvalue weighted by Gasteiger charge is 2.51. The van der Waals surface area contributed by atoms with E-state index >= 15 is 9.59 Å². The maximum absolute atomic E-state index is 15.1. The Balaban J connectivity index is 1.54. The van der Waals surface area contributed by atoms with E-state index in [4.69, 9.17) is 11.6 Å². The first kappa shape index (κ1) is 76.9. The largest absolute Gasteiger partial charge is 0.393 e. The molecular weight excluding hydrogens is 1220 g/mol. The maximum atomic E-state index is 15.1. The Bertz CT molecular complexity index is 2620. The Morgan fingerprint density at radius 1 is 0.620 bits per heavy atom. The highest BCUT2D eigenvalue weighted by Crippen LogP contribution is 2.44. The second-order valence-corrected chi connectivity index (χ2v) is 28.7. The van der Waals surface area contributed by atoms with E-state index in [1.807, 2.05) is 20.8 Å².